The van der Waals surface area contributed by atoms with E-state index in [1.807, 2.05) is 13.0 Å². The SMILES string of the molecule is CCOC(=O)C1CN(Cc2ccccc2)CC1c1ccc(C)cc1. The molecule has 0 amide bonds. The third-order valence-electron chi connectivity index (χ3n) is 4.74. The molecule has 0 aliphatic carbocycles. The predicted molar refractivity (Wildman–Crippen MR) is 95.8 cm³/mol. The maximum atomic E-state index is 12.4. The van der Waals surface area contributed by atoms with Crippen molar-refractivity contribution in [3.05, 3.63) is 71.3 Å². The van der Waals surface area contributed by atoms with E-state index in [2.05, 4.69) is 60.4 Å². The van der Waals surface area contributed by atoms with Crippen LogP contribution < -0.4 is 0 Å². The van der Waals surface area contributed by atoms with Gasteiger partial charge in [0.25, 0.3) is 0 Å². The summed E-state index contributed by atoms with van der Waals surface area (Å²) in [6, 6.07) is 19.0. The maximum absolute atomic E-state index is 12.4. The van der Waals surface area contributed by atoms with Crippen LogP contribution in [0, 0.1) is 12.8 Å². The van der Waals surface area contributed by atoms with Crippen molar-refractivity contribution in [1.82, 2.24) is 4.90 Å². The predicted octanol–water partition coefficient (Wildman–Crippen LogP) is 3.77. The number of rotatable bonds is 5. The van der Waals surface area contributed by atoms with Crippen molar-refractivity contribution in [2.75, 3.05) is 19.7 Å². The van der Waals surface area contributed by atoms with Crippen LogP contribution in [0.5, 0.6) is 0 Å². The second kappa shape index (κ2) is 7.63. The molecule has 0 aromatic heterocycles. The summed E-state index contributed by atoms with van der Waals surface area (Å²) in [7, 11) is 0. The van der Waals surface area contributed by atoms with Crippen LogP contribution in [0.15, 0.2) is 54.6 Å². The molecular formula is C21H25NO2. The number of carbonyl (C=O) groups excluding carboxylic acids is 1. The third kappa shape index (κ3) is 3.85. The quantitative estimate of drug-likeness (QED) is 0.784. The zero-order chi connectivity index (χ0) is 16.9. The molecule has 3 heteroatoms. The van der Waals surface area contributed by atoms with Crippen LogP contribution in [-0.4, -0.2) is 30.6 Å². The van der Waals surface area contributed by atoms with Gasteiger partial charge in [-0.2, -0.15) is 0 Å². The van der Waals surface area contributed by atoms with Crippen LogP contribution in [0.2, 0.25) is 0 Å². The molecule has 0 radical (unpaired) electrons. The lowest BCUT2D eigenvalue weighted by Gasteiger charge is -2.17. The average molecular weight is 323 g/mol. The van der Waals surface area contributed by atoms with Crippen molar-refractivity contribution in [1.29, 1.82) is 0 Å². The summed E-state index contributed by atoms with van der Waals surface area (Å²) in [5, 5.41) is 0. The van der Waals surface area contributed by atoms with Crippen molar-refractivity contribution in [2.45, 2.75) is 26.3 Å². The van der Waals surface area contributed by atoms with Gasteiger partial charge in [0.1, 0.15) is 0 Å². The van der Waals surface area contributed by atoms with Crippen molar-refractivity contribution >= 4 is 5.97 Å². The Hall–Kier alpha value is -2.13. The Morgan fingerprint density at radius 3 is 2.46 bits per heavy atom. The van der Waals surface area contributed by atoms with E-state index >= 15 is 0 Å². The fourth-order valence-corrected chi connectivity index (χ4v) is 3.50. The smallest absolute Gasteiger partial charge is 0.310 e. The van der Waals surface area contributed by atoms with Crippen LogP contribution in [0.4, 0.5) is 0 Å². The van der Waals surface area contributed by atoms with Crippen LogP contribution in [-0.2, 0) is 16.1 Å². The molecule has 2 unspecified atom stereocenters. The van der Waals surface area contributed by atoms with Crippen molar-refractivity contribution in [3.63, 3.8) is 0 Å². The summed E-state index contributed by atoms with van der Waals surface area (Å²) in [5.74, 6) is 0.0448. The van der Waals surface area contributed by atoms with Gasteiger partial charge in [0.15, 0.2) is 0 Å². The number of esters is 1. The van der Waals surface area contributed by atoms with Crippen molar-refractivity contribution in [2.24, 2.45) is 5.92 Å². The minimum Gasteiger partial charge on any atom is -0.466 e. The summed E-state index contributed by atoms with van der Waals surface area (Å²) in [6.45, 7) is 6.92. The number of ether oxygens (including phenoxy) is 1. The fourth-order valence-electron chi connectivity index (χ4n) is 3.50. The van der Waals surface area contributed by atoms with Crippen molar-refractivity contribution in [3.8, 4) is 0 Å². The number of nitrogens with zero attached hydrogens (tertiary/aromatic N) is 1. The number of likely N-dealkylation sites (tertiary alicyclic amines) is 1. The Morgan fingerprint density at radius 1 is 1.08 bits per heavy atom. The molecule has 3 rings (SSSR count). The highest BCUT2D eigenvalue weighted by atomic mass is 16.5. The van der Waals surface area contributed by atoms with Gasteiger partial charge in [-0.05, 0) is 25.0 Å². The van der Waals surface area contributed by atoms with Crippen LogP contribution in [0.3, 0.4) is 0 Å². The molecule has 2 aromatic rings. The molecule has 0 spiro atoms. The molecule has 0 N–H and O–H groups in total. The zero-order valence-electron chi connectivity index (χ0n) is 14.4. The highest BCUT2D eigenvalue weighted by Crippen LogP contribution is 2.34. The molecule has 1 saturated heterocycles. The first-order chi connectivity index (χ1) is 11.7. The summed E-state index contributed by atoms with van der Waals surface area (Å²) in [6.07, 6.45) is 0. The normalized spacial score (nSPS) is 20.9. The van der Waals surface area contributed by atoms with Gasteiger partial charge in [-0.1, -0.05) is 60.2 Å². The highest BCUT2D eigenvalue weighted by molar-refractivity contribution is 5.74. The first-order valence-corrected chi connectivity index (χ1v) is 8.67. The monoisotopic (exact) mass is 323 g/mol. The van der Waals surface area contributed by atoms with E-state index in [-0.39, 0.29) is 17.8 Å². The highest BCUT2D eigenvalue weighted by Gasteiger charge is 2.39. The van der Waals surface area contributed by atoms with Gasteiger partial charge in [0.2, 0.25) is 0 Å². The second-order valence-electron chi connectivity index (χ2n) is 6.56. The summed E-state index contributed by atoms with van der Waals surface area (Å²) in [5.41, 5.74) is 3.75. The lowest BCUT2D eigenvalue weighted by atomic mass is 9.88. The van der Waals surface area contributed by atoms with E-state index in [1.165, 1.54) is 16.7 Å². The zero-order valence-corrected chi connectivity index (χ0v) is 14.4. The van der Waals surface area contributed by atoms with Gasteiger partial charge in [0.05, 0.1) is 12.5 Å². The number of aryl methyl sites for hydroxylation is 1. The lowest BCUT2D eigenvalue weighted by molar-refractivity contribution is -0.148. The van der Waals surface area contributed by atoms with E-state index in [0.29, 0.717) is 6.61 Å². The van der Waals surface area contributed by atoms with E-state index in [0.717, 1.165) is 19.6 Å². The molecule has 2 aromatic carbocycles. The lowest BCUT2D eigenvalue weighted by Crippen LogP contribution is -2.25. The molecular weight excluding hydrogens is 298 g/mol. The van der Waals surface area contributed by atoms with Gasteiger partial charge >= 0.3 is 5.97 Å². The first kappa shape index (κ1) is 16.7. The molecule has 126 valence electrons. The molecule has 0 bridgehead atoms. The summed E-state index contributed by atoms with van der Waals surface area (Å²) < 4.78 is 5.33. The van der Waals surface area contributed by atoms with Gasteiger partial charge in [0, 0.05) is 25.6 Å². The molecule has 0 saturated carbocycles. The largest absolute Gasteiger partial charge is 0.466 e. The molecule has 1 aliphatic rings. The van der Waals surface area contributed by atoms with Gasteiger partial charge < -0.3 is 4.74 Å². The third-order valence-corrected chi connectivity index (χ3v) is 4.74. The maximum Gasteiger partial charge on any atom is 0.310 e. The first-order valence-electron chi connectivity index (χ1n) is 8.67. The molecule has 2 atom stereocenters. The molecule has 1 fully saturated rings. The van der Waals surface area contributed by atoms with Gasteiger partial charge in [-0.3, -0.25) is 9.69 Å². The van der Waals surface area contributed by atoms with Crippen LogP contribution in [0.25, 0.3) is 0 Å². The minimum absolute atomic E-state index is 0.0707. The Bertz CT molecular complexity index is 666. The molecule has 1 heterocycles. The molecule has 3 nitrogen and oxygen atoms in total. The minimum atomic E-state index is -0.0867. The van der Waals surface area contributed by atoms with Crippen molar-refractivity contribution < 1.29 is 9.53 Å². The van der Waals surface area contributed by atoms with E-state index in [9.17, 15) is 4.79 Å². The van der Waals surface area contributed by atoms with E-state index < -0.39 is 0 Å². The number of hydrogen-bond acceptors (Lipinski definition) is 3. The van der Waals surface area contributed by atoms with Crippen LogP contribution in [0.1, 0.15) is 29.5 Å². The number of carbonyl (C=O) groups is 1. The average Bonchev–Trinajstić information content (AvgIpc) is 3.00. The Labute approximate surface area is 144 Å². The Balaban J connectivity index is 1.78. The summed E-state index contributed by atoms with van der Waals surface area (Å²) >= 11 is 0. The second-order valence-corrected chi connectivity index (χ2v) is 6.56. The van der Waals surface area contributed by atoms with Gasteiger partial charge in [-0.15, -0.1) is 0 Å². The Kier molecular flexibility index (Phi) is 5.31. The fraction of sp³-hybridized carbons (Fsp3) is 0.381. The summed E-state index contributed by atoms with van der Waals surface area (Å²) in [4.78, 5) is 14.8. The molecule has 24 heavy (non-hydrogen) atoms. The van der Waals surface area contributed by atoms with E-state index in [4.69, 9.17) is 4.74 Å². The van der Waals surface area contributed by atoms with E-state index in [1.54, 1.807) is 0 Å². The van der Waals surface area contributed by atoms with Gasteiger partial charge in [-0.25, -0.2) is 0 Å². The number of benzene rings is 2. The Morgan fingerprint density at radius 2 is 1.79 bits per heavy atom. The molecule has 1 aliphatic heterocycles. The van der Waals surface area contributed by atoms with Crippen LogP contribution >= 0.6 is 0 Å². The topological polar surface area (TPSA) is 29.5 Å². The number of hydrogen-bond donors (Lipinski definition) is 0. The standard InChI is InChI=1S/C21H25NO2/c1-3-24-21(23)20-15-22(13-17-7-5-4-6-8-17)14-19(20)18-11-9-16(2)10-12-18/h4-12,19-20H,3,13-15H2,1-2H3.